The lowest BCUT2D eigenvalue weighted by atomic mass is 9.97. The van der Waals surface area contributed by atoms with E-state index in [1.54, 1.807) is 18.3 Å². The maximum atomic E-state index is 12.1. The molecule has 2 aromatic rings. The van der Waals surface area contributed by atoms with Crippen molar-refractivity contribution in [2.24, 2.45) is 23.3 Å². The number of aryl methyl sites for hydroxylation is 1. The fraction of sp³-hybridized carbons (Fsp3) is 0.667. The molecule has 0 radical (unpaired) electrons. The van der Waals surface area contributed by atoms with E-state index >= 15 is 0 Å². The third kappa shape index (κ3) is 10.8. The number of sulfonamides is 1. The summed E-state index contributed by atoms with van der Waals surface area (Å²) in [6, 6.07) is -0.430. The highest BCUT2D eigenvalue weighted by molar-refractivity contribution is 7.91. The number of hydrogen-bond donors (Lipinski definition) is 4. The van der Waals surface area contributed by atoms with E-state index in [9.17, 15) is 27.6 Å². The number of nitrogens with two attached hydrogens (primary N) is 2. The Morgan fingerprint density at radius 1 is 1.16 bits per heavy atom. The van der Waals surface area contributed by atoms with Gasteiger partial charge in [0.05, 0.1) is 22.7 Å². The number of hydrogen-bond acceptors (Lipinski definition) is 10. The van der Waals surface area contributed by atoms with Crippen molar-refractivity contribution in [3.63, 3.8) is 0 Å². The van der Waals surface area contributed by atoms with E-state index in [0.717, 1.165) is 66.9 Å². The van der Waals surface area contributed by atoms with Crippen molar-refractivity contribution in [3.05, 3.63) is 44.8 Å². The first kappa shape index (κ1) is 40.3. The van der Waals surface area contributed by atoms with Gasteiger partial charge in [0.1, 0.15) is 6.04 Å². The fourth-order valence-corrected chi connectivity index (χ4v) is 8.36. The molecule has 15 heteroatoms. The van der Waals surface area contributed by atoms with Crippen molar-refractivity contribution >= 4 is 39.1 Å². The summed E-state index contributed by atoms with van der Waals surface area (Å²) in [4.78, 5) is 59.4. The molecule has 13 nitrogen and oxygen atoms in total. The number of aromatic amines is 1. The lowest BCUT2D eigenvalue weighted by Crippen LogP contribution is -2.45. The van der Waals surface area contributed by atoms with Gasteiger partial charge < -0.3 is 21.4 Å². The number of allylic oxidation sites excluding steroid dienone is 2. The first-order chi connectivity index (χ1) is 24.2. The summed E-state index contributed by atoms with van der Waals surface area (Å²) in [5.74, 6) is 0.164. The lowest BCUT2D eigenvalue weighted by molar-refractivity contribution is -0.136. The molecule has 3 amide bonds. The zero-order valence-electron chi connectivity index (χ0n) is 30.4. The summed E-state index contributed by atoms with van der Waals surface area (Å²) in [6.45, 7) is 8.64. The van der Waals surface area contributed by atoms with E-state index in [-0.39, 0.29) is 35.8 Å². The second-order valence-electron chi connectivity index (χ2n) is 14.5. The number of nitrogens with zero attached hydrogens (tertiary/aromatic N) is 3. The van der Waals surface area contributed by atoms with Gasteiger partial charge in [0.2, 0.25) is 27.7 Å². The molecule has 3 heterocycles. The summed E-state index contributed by atoms with van der Waals surface area (Å²) >= 11 is 1.55. The predicted molar refractivity (Wildman–Crippen MR) is 199 cm³/mol. The van der Waals surface area contributed by atoms with Crippen LogP contribution in [-0.2, 0) is 37.2 Å². The fourth-order valence-electron chi connectivity index (χ4n) is 6.13. The minimum Gasteiger partial charge on any atom is -0.368 e. The van der Waals surface area contributed by atoms with E-state index in [0.29, 0.717) is 37.5 Å². The van der Waals surface area contributed by atoms with Gasteiger partial charge in [0.15, 0.2) is 10.8 Å². The van der Waals surface area contributed by atoms with Gasteiger partial charge in [-0.2, -0.15) is 0 Å². The molecule has 3 fully saturated rings. The number of nitrogens with one attached hydrogen (secondary N) is 2. The monoisotopic (exact) mass is 745 g/mol. The number of H-pyrrole nitrogens is 1. The van der Waals surface area contributed by atoms with Crippen LogP contribution in [0, 0.1) is 11.8 Å². The van der Waals surface area contributed by atoms with E-state index in [4.69, 9.17) is 11.5 Å². The molecule has 0 spiro atoms. The Morgan fingerprint density at radius 3 is 2.51 bits per heavy atom. The summed E-state index contributed by atoms with van der Waals surface area (Å²) in [7, 11) is -3.47. The molecule has 2 saturated carbocycles. The lowest BCUT2D eigenvalue weighted by Gasteiger charge is -2.20. The molecular weight excluding hydrogens is 691 g/mol. The van der Waals surface area contributed by atoms with Crippen LogP contribution in [-0.4, -0.2) is 69.9 Å². The van der Waals surface area contributed by atoms with Crippen LogP contribution in [0.5, 0.6) is 0 Å². The van der Waals surface area contributed by atoms with Crippen LogP contribution in [0.15, 0.2) is 22.3 Å². The third-order valence-corrected chi connectivity index (χ3v) is 13.0. The zero-order chi connectivity index (χ0) is 37.3. The molecule has 51 heavy (non-hydrogen) atoms. The van der Waals surface area contributed by atoms with Gasteiger partial charge in [-0.25, -0.2) is 18.4 Å². The summed E-state index contributed by atoms with van der Waals surface area (Å²) < 4.78 is 25.4. The number of rotatable bonds is 12. The number of unbranched alkanes of at least 4 members (excludes halogenated alkanes) is 3. The topological polar surface area (TPSA) is 211 Å². The molecule has 282 valence electrons. The SMILES string of the molecule is CC(C)c1csc(-c2nc3c(c(=O)[nH]2)CCCC3)n1.CCCCC/C=C\C1CC1C(=O)NS(=O)(=O)C1(C)CC1.NCC(=O)N1CCCC1C(N)=O. The Bertz CT molecular complexity index is 1730. The number of amides is 3. The van der Waals surface area contributed by atoms with Gasteiger partial charge in [-0.3, -0.25) is 23.9 Å². The van der Waals surface area contributed by atoms with Crippen molar-refractivity contribution in [3.8, 4) is 10.8 Å². The van der Waals surface area contributed by atoms with E-state index < -0.39 is 26.7 Å². The molecule has 2 aromatic heterocycles. The normalized spacial score (nSPS) is 21.6. The van der Waals surface area contributed by atoms with E-state index in [1.807, 2.05) is 5.38 Å². The van der Waals surface area contributed by atoms with Gasteiger partial charge >= 0.3 is 0 Å². The highest BCUT2D eigenvalue weighted by atomic mass is 32.2. The predicted octanol–water partition coefficient (Wildman–Crippen LogP) is 4.07. The van der Waals surface area contributed by atoms with Crippen molar-refractivity contribution in [2.75, 3.05) is 13.1 Å². The Labute approximate surface area is 305 Å². The number of fused-ring (bicyclic) bond motifs is 1. The number of aromatic nitrogens is 3. The molecule has 1 aliphatic heterocycles. The molecule has 3 atom stereocenters. The zero-order valence-corrected chi connectivity index (χ0v) is 32.0. The Morgan fingerprint density at radius 2 is 1.88 bits per heavy atom. The van der Waals surface area contributed by atoms with Crippen LogP contribution in [0.3, 0.4) is 0 Å². The second kappa shape index (κ2) is 17.9. The molecule has 1 saturated heterocycles. The van der Waals surface area contributed by atoms with Crippen LogP contribution < -0.4 is 21.7 Å². The van der Waals surface area contributed by atoms with Gasteiger partial charge in [-0.05, 0) is 89.4 Å². The molecule has 3 aliphatic carbocycles. The minimum absolute atomic E-state index is 0.0148. The van der Waals surface area contributed by atoms with Gasteiger partial charge in [0, 0.05) is 23.4 Å². The average molecular weight is 746 g/mol. The van der Waals surface area contributed by atoms with Gasteiger partial charge in [-0.15, -0.1) is 11.3 Å². The largest absolute Gasteiger partial charge is 0.368 e. The maximum Gasteiger partial charge on any atom is 0.254 e. The highest BCUT2D eigenvalue weighted by Gasteiger charge is 2.52. The molecular formula is C36H55N7O6S2. The van der Waals surface area contributed by atoms with Gasteiger partial charge in [0.25, 0.3) is 5.56 Å². The quantitative estimate of drug-likeness (QED) is 0.182. The first-order valence-electron chi connectivity index (χ1n) is 18.3. The van der Waals surface area contributed by atoms with Crippen LogP contribution in [0.25, 0.3) is 10.8 Å². The number of thiazole rings is 1. The van der Waals surface area contributed by atoms with Crippen LogP contribution in [0.4, 0.5) is 0 Å². The minimum atomic E-state index is -3.47. The van der Waals surface area contributed by atoms with Crippen molar-refractivity contribution < 1.29 is 22.8 Å². The summed E-state index contributed by atoms with van der Waals surface area (Å²) in [6.07, 6.45) is 16.4. The Hall–Kier alpha value is -3.43. The van der Waals surface area contributed by atoms with Crippen LogP contribution in [0.1, 0.15) is 121 Å². The molecule has 3 unspecified atom stereocenters. The maximum absolute atomic E-state index is 12.1. The Kier molecular flexibility index (Phi) is 14.1. The number of likely N-dealkylation sites (tertiary alicyclic amines) is 1. The summed E-state index contributed by atoms with van der Waals surface area (Å²) in [5, 5.41) is 2.86. The second-order valence-corrected chi connectivity index (χ2v) is 17.5. The number of carbonyl (C=O) groups is 3. The molecule has 6 rings (SSSR count). The van der Waals surface area contributed by atoms with Crippen molar-refractivity contribution in [1.82, 2.24) is 24.6 Å². The van der Waals surface area contributed by atoms with Crippen molar-refractivity contribution in [2.45, 2.75) is 128 Å². The molecule has 6 N–H and O–H groups in total. The Balaban J connectivity index is 0.000000177. The van der Waals surface area contributed by atoms with Gasteiger partial charge in [-0.1, -0.05) is 45.8 Å². The van der Waals surface area contributed by atoms with E-state index in [2.05, 4.69) is 52.6 Å². The molecule has 0 aromatic carbocycles. The number of carbonyl (C=O) groups excluding carboxylic acids is 3. The van der Waals surface area contributed by atoms with Crippen molar-refractivity contribution in [1.29, 1.82) is 0 Å². The first-order valence-corrected chi connectivity index (χ1v) is 20.7. The highest BCUT2D eigenvalue weighted by Crippen LogP contribution is 2.44. The molecule has 4 aliphatic rings. The molecule has 0 bridgehead atoms. The van der Waals surface area contributed by atoms with Crippen LogP contribution in [0.2, 0.25) is 0 Å². The van der Waals surface area contributed by atoms with Crippen LogP contribution >= 0.6 is 11.3 Å². The number of primary amides is 1. The summed E-state index contributed by atoms with van der Waals surface area (Å²) in [5.41, 5.74) is 13.2. The third-order valence-electron chi connectivity index (χ3n) is 9.96. The van der Waals surface area contributed by atoms with E-state index in [1.165, 1.54) is 24.2 Å². The smallest absolute Gasteiger partial charge is 0.254 e. The standard InChI is InChI=1S/C15H25NO3S.C14H17N3OS.C7H13N3O2/c1-3-4-5-6-7-8-12-11-13(12)14(17)16-20(18,19)15(2)9-10-15;1-8(2)11-7-19-14(16-11)12-15-10-6-4-3-5-9(10)13(18)17-12;8-4-6(11)10-3-1-2-5(10)7(9)12/h7-8,12-13H,3-6,9-11H2,1-2H3,(H,16,17);7-8H,3-6H2,1-2H3,(H,15,17,18);5H,1-4,8H2,(H2,9,12)/b8-7-;;. The average Bonchev–Trinajstić information content (AvgIpc) is 3.90.